The van der Waals surface area contributed by atoms with Crippen LogP contribution in [0.5, 0.6) is 0 Å². The summed E-state index contributed by atoms with van der Waals surface area (Å²) < 4.78 is 36.6. The van der Waals surface area contributed by atoms with Crippen molar-refractivity contribution in [3.63, 3.8) is 0 Å². The first-order chi connectivity index (χ1) is 15.8. The number of nitrogens with zero attached hydrogens (tertiary/aromatic N) is 5. The largest absolute Gasteiger partial charge is 0.379 e. The molecule has 0 spiro atoms. The summed E-state index contributed by atoms with van der Waals surface area (Å²) in [5.41, 5.74) is 4.15. The van der Waals surface area contributed by atoms with Crippen LogP contribution in [0, 0.1) is 13.8 Å². The first-order valence-electron chi connectivity index (χ1n) is 11.0. The van der Waals surface area contributed by atoms with Crippen LogP contribution in [0.4, 0.5) is 5.69 Å². The van der Waals surface area contributed by atoms with E-state index in [0.717, 1.165) is 28.5 Å². The van der Waals surface area contributed by atoms with E-state index in [4.69, 9.17) is 4.74 Å². The van der Waals surface area contributed by atoms with Gasteiger partial charge in [-0.25, -0.2) is 8.42 Å². The highest BCUT2D eigenvalue weighted by molar-refractivity contribution is 7.89. The number of rotatable bonds is 4. The van der Waals surface area contributed by atoms with E-state index in [9.17, 15) is 13.2 Å². The molecule has 0 atom stereocenters. The van der Waals surface area contributed by atoms with Gasteiger partial charge in [-0.2, -0.15) is 9.40 Å². The molecule has 0 N–H and O–H groups in total. The number of sulfonamides is 1. The van der Waals surface area contributed by atoms with Gasteiger partial charge < -0.3 is 14.2 Å². The third kappa shape index (κ3) is 3.58. The van der Waals surface area contributed by atoms with E-state index in [1.54, 1.807) is 34.0 Å². The molecule has 9 nitrogen and oxygen atoms in total. The van der Waals surface area contributed by atoms with Crippen LogP contribution in [0.25, 0.3) is 5.82 Å². The third-order valence-electron chi connectivity index (χ3n) is 6.42. The quantitative estimate of drug-likeness (QED) is 0.584. The standard InChI is InChI=1S/C23H27N5O4S/c1-16-4-5-17(2)28(16)22-20(15-24-25(22)3)23(29)27-9-8-18-14-19(6-7-21(18)27)33(30,31)26-10-12-32-13-11-26/h4-7,14-15H,8-13H2,1-3H3. The number of ether oxygens (including phenoxy) is 1. The number of carbonyl (C=O) groups excluding carboxylic acids is 1. The van der Waals surface area contributed by atoms with Gasteiger partial charge in [0.05, 0.1) is 24.3 Å². The molecule has 2 aliphatic rings. The zero-order valence-electron chi connectivity index (χ0n) is 19.0. The van der Waals surface area contributed by atoms with Crippen molar-refractivity contribution in [3.05, 3.63) is 59.0 Å². The van der Waals surface area contributed by atoms with Crippen molar-refractivity contribution >= 4 is 21.6 Å². The van der Waals surface area contributed by atoms with E-state index in [1.165, 1.54) is 4.31 Å². The van der Waals surface area contributed by atoms with Gasteiger partial charge in [0.1, 0.15) is 11.4 Å². The average Bonchev–Trinajstić information content (AvgIpc) is 3.50. The molecule has 0 radical (unpaired) electrons. The van der Waals surface area contributed by atoms with Crippen molar-refractivity contribution in [2.75, 3.05) is 37.7 Å². The second kappa shape index (κ2) is 8.12. The van der Waals surface area contributed by atoms with Crippen molar-refractivity contribution in [1.29, 1.82) is 0 Å². The minimum Gasteiger partial charge on any atom is -0.379 e. The highest BCUT2D eigenvalue weighted by atomic mass is 32.2. The maximum absolute atomic E-state index is 13.6. The maximum atomic E-state index is 13.6. The van der Waals surface area contributed by atoms with E-state index < -0.39 is 10.0 Å². The third-order valence-corrected chi connectivity index (χ3v) is 8.31. The van der Waals surface area contributed by atoms with E-state index in [-0.39, 0.29) is 10.8 Å². The van der Waals surface area contributed by atoms with Crippen LogP contribution < -0.4 is 4.90 Å². The summed E-state index contributed by atoms with van der Waals surface area (Å²) in [5, 5.41) is 4.35. The number of benzene rings is 1. The van der Waals surface area contributed by atoms with Crippen molar-refractivity contribution in [2.45, 2.75) is 25.2 Å². The second-order valence-electron chi connectivity index (χ2n) is 8.47. The molecule has 2 aromatic heterocycles. The van der Waals surface area contributed by atoms with Gasteiger partial charge in [-0.05, 0) is 56.2 Å². The summed E-state index contributed by atoms with van der Waals surface area (Å²) in [6.45, 7) is 6.00. The highest BCUT2D eigenvalue weighted by Crippen LogP contribution is 2.33. The van der Waals surface area contributed by atoms with E-state index in [2.05, 4.69) is 5.10 Å². The smallest absolute Gasteiger partial charge is 0.263 e. The molecule has 1 amide bonds. The molecule has 0 bridgehead atoms. The second-order valence-corrected chi connectivity index (χ2v) is 10.4. The lowest BCUT2D eigenvalue weighted by atomic mass is 10.2. The molecular weight excluding hydrogens is 442 g/mol. The number of aromatic nitrogens is 3. The first kappa shape index (κ1) is 21.9. The number of aryl methyl sites for hydroxylation is 3. The Morgan fingerprint density at radius 3 is 2.42 bits per heavy atom. The van der Waals surface area contributed by atoms with Crippen LogP contribution in [0.3, 0.4) is 0 Å². The molecule has 33 heavy (non-hydrogen) atoms. The highest BCUT2D eigenvalue weighted by Gasteiger charge is 2.32. The molecule has 2 aliphatic heterocycles. The van der Waals surface area contributed by atoms with Gasteiger partial charge in [0, 0.05) is 43.8 Å². The zero-order chi connectivity index (χ0) is 23.3. The summed E-state index contributed by atoms with van der Waals surface area (Å²) in [6, 6.07) is 9.07. The van der Waals surface area contributed by atoms with Crippen molar-refractivity contribution < 1.29 is 17.9 Å². The molecule has 0 saturated carbocycles. The Morgan fingerprint density at radius 2 is 1.73 bits per heavy atom. The summed E-state index contributed by atoms with van der Waals surface area (Å²) in [7, 11) is -1.76. The van der Waals surface area contributed by atoms with Crippen LogP contribution in [0.2, 0.25) is 0 Å². The van der Waals surface area contributed by atoms with Crippen LogP contribution in [-0.2, 0) is 28.2 Å². The van der Waals surface area contributed by atoms with E-state index in [0.29, 0.717) is 44.8 Å². The number of carbonyl (C=O) groups is 1. The molecule has 1 aromatic carbocycles. The average molecular weight is 470 g/mol. The topological polar surface area (TPSA) is 89.7 Å². The van der Waals surface area contributed by atoms with Crippen LogP contribution in [0.1, 0.15) is 27.3 Å². The molecule has 1 fully saturated rings. The van der Waals surface area contributed by atoms with Gasteiger partial charge in [-0.1, -0.05) is 0 Å². The molecule has 174 valence electrons. The number of fused-ring (bicyclic) bond motifs is 1. The van der Waals surface area contributed by atoms with Gasteiger partial charge in [0.2, 0.25) is 10.0 Å². The Balaban J connectivity index is 1.47. The number of hydrogen-bond donors (Lipinski definition) is 0. The zero-order valence-corrected chi connectivity index (χ0v) is 19.8. The van der Waals surface area contributed by atoms with Crippen molar-refractivity contribution in [3.8, 4) is 5.82 Å². The summed E-state index contributed by atoms with van der Waals surface area (Å²) in [4.78, 5) is 15.6. The molecule has 5 rings (SSSR count). The number of morpholine rings is 1. The Kier molecular flexibility index (Phi) is 5.38. The summed E-state index contributed by atoms with van der Waals surface area (Å²) >= 11 is 0. The molecule has 0 aliphatic carbocycles. The lowest BCUT2D eigenvalue weighted by Crippen LogP contribution is -2.40. The predicted octanol–water partition coefficient (Wildman–Crippen LogP) is 2.05. The van der Waals surface area contributed by atoms with Gasteiger partial charge in [-0.15, -0.1) is 0 Å². The Morgan fingerprint density at radius 1 is 1.03 bits per heavy atom. The fourth-order valence-corrected chi connectivity index (χ4v) is 6.14. The number of amides is 1. The molecular formula is C23H27N5O4S. The van der Waals surface area contributed by atoms with Crippen molar-refractivity contribution in [1.82, 2.24) is 18.7 Å². The fourth-order valence-electron chi connectivity index (χ4n) is 4.68. The lowest BCUT2D eigenvalue weighted by Gasteiger charge is -2.26. The SMILES string of the molecule is Cc1ccc(C)n1-c1c(C(=O)N2CCc3cc(S(=O)(=O)N4CCOCC4)ccc32)cnn1C. The predicted molar refractivity (Wildman–Crippen MR) is 123 cm³/mol. The van der Waals surface area contributed by atoms with Crippen molar-refractivity contribution in [2.24, 2.45) is 7.05 Å². The summed E-state index contributed by atoms with van der Waals surface area (Å²) in [6.07, 6.45) is 2.20. The van der Waals surface area contributed by atoms with Gasteiger partial charge >= 0.3 is 0 Å². The van der Waals surface area contributed by atoms with Gasteiger partial charge in [0.25, 0.3) is 5.91 Å². The van der Waals surface area contributed by atoms with E-state index in [1.807, 2.05) is 37.6 Å². The van der Waals surface area contributed by atoms with Crippen LogP contribution in [-0.4, -0.2) is 65.8 Å². The fraction of sp³-hybridized carbons (Fsp3) is 0.391. The number of hydrogen-bond acceptors (Lipinski definition) is 5. The lowest BCUT2D eigenvalue weighted by molar-refractivity contribution is 0.0730. The summed E-state index contributed by atoms with van der Waals surface area (Å²) in [5.74, 6) is 0.577. The molecule has 0 unspecified atom stereocenters. The van der Waals surface area contributed by atoms with Gasteiger partial charge in [-0.3, -0.25) is 9.48 Å². The normalized spacial score (nSPS) is 16.9. The number of anilines is 1. The van der Waals surface area contributed by atoms with Crippen LogP contribution in [0.15, 0.2) is 41.4 Å². The minimum absolute atomic E-state index is 0.145. The first-order valence-corrected chi connectivity index (χ1v) is 12.4. The molecule has 1 saturated heterocycles. The minimum atomic E-state index is -3.58. The van der Waals surface area contributed by atoms with Crippen LogP contribution >= 0.6 is 0 Å². The Labute approximate surface area is 193 Å². The Bertz CT molecular complexity index is 1320. The molecule has 3 aromatic rings. The maximum Gasteiger partial charge on any atom is 0.263 e. The van der Waals surface area contributed by atoms with Gasteiger partial charge in [0.15, 0.2) is 0 Å². The Hall–Kier alpha value is -2.95. The monoisotopic (exact) mass is 469 g/mol. The van der Waals surface area contributed by atoms with E-state index >= 15 is 0 Å². The molecule has 4 heterocycles. The molecule has 10 heteroatoms.